The van der Waals surface area contributed by atoms with Crippen LogP contribution in [0.1, 0.15) is 22.6 Å². The Morgan fingerprint density at radius 2 is 2.13 bits per heavy atom. The standard InChI is InChI=1S/C12H16N2S/c1-8-6-9(2)12-10(7-8)14-11(15-12)4-3-5-13/h6-7H,3-5,13H2,1-2H3. The zero-order valence-electron chi connectivity index (χ0n) is 9.21. The molecule has 0 aliphatic rings. The van der Waals surface area contributed by atoms with Gasteiger partial charge in [0.2, 0.25) is 0 Å². The maximum Gasteiger partial charge on any atom is 0.0939 e. The van der Waals surface area contributed by atoms with E-state index in [2.05, 4.69) is 31.0 Å². The van der Waals surface area contributed by atoms with E-state index in [9.17, 15) is 0 Å². The normalized spacial score (nSPS) is 11.1. The number of hydrogen-bond acceptors (Lipinski definition) is 3. The molecule has 2 nitrogen and oxygen atoms in total. The molecular weight excluding hydrogens is 204 g/mol. The third-order valence-electron chi connectivity index (χ3n) is 2.46. The van der Waals surface area contributed by atoms with E-state index in [1.807, 2.05) is 0 Å². The molecule has 0 unspecified atom stereocenters. The second kappa shape index (κ2) is 4.29. The number of aromatic nitrogens is 1. The Bertz CT molecular complexity index is 474. The van der Waals surface area contributed by atoms with Crippen molar-refractivity contribution < 1.29 is 0 Å². The number of hydrogen-bond donors (Lipinski definition) is 1. The summed E-state index contributed by atoms with van der Waals surface area (Å²) in [6.07, 6.45) is 2.03. The fourth-order valence-electron chi connectivity index (χ4n) is 1.78. The summed E-state index contributed by atoms with van der Waals surface area (Å²) in [4.78, 5) is 4.63. The highest BCUT2D eigenvalue weighted by Gasteiger charge is 2.06. The van der Waals surface area contributed by atoms with Crippen LogP contribution in [0.5, 0.6) is 0 Å². The molecule has 2 N–H and O–H groups in total. The van der Waals surface area contributed by atoms with Crippen LogP contribution >= 0.6 is 11.3 Å². The van der Waals surface area contributed by atoms with Crippen molar-refractivity contribution in [2.24, 2.45) is 5.73 Å². The Hall–Kier alpha value is -0.930. The Balaban J connectivity index is 2.41. The molecule has 1 aromatic heterocycles. The smallest absolute Gasteiger partial charge is 0.0939 e. The maximum absolute atomic E-state index is 5.50. The molecule has 3 heteroatoms. The maximum atomic E-state index is 5.50. The molecule has 1 heterocycles. The van der Waals surface area contributed by atoms with Crippen molar-refractivity contribution in [1.82, 2.24) is 4.98 Å². The van der Waals surface area contributed by atoms with Crippen LogP contribution in [0, 0.1) is 13.8 Å². The molecule has 0 fully saturated rings. The van der Waals surface area contributed by atoms with Gasteiger partial charge in [0.15, 0.2) is 0 Å². The van der Waals surface area contributed by atoms with E-state index in [0.29, 0.717) is 0 Å². The third-order valence-corrected chi connectivity index (χ3v) is 3.73. The molecule has 0 aliphatic heterocycles. The second-order valence-corrected chi connectivity index (χ2v) is 5.01. The Morgan fingerprint density at radius 3 is 2.87 bits per heavy atom. The summed E-state index contributed by atoms with van der Waals surface area (Å²) in [5.41, 5.74) is 9.27. The molecule has 0 bridgehead atoms. The summed E-state index contributed by atoms with van der Waals surface area (Å²) in [6, 6.07) is 4.37. The minimum Gasteiger partial charge on any atom is -0.330 e. The van der Waals surface area contributed by atoms with Crippen LogP contribution in [-0.2, 0) is 6.42 Å². The van der Waals surface area contributed by atoms with Crippen molar-refractivity contribution in [1.29, 1.82) is 0 Å². The van der Waals surface area contributed by atoms with Gasteiger partial charge in [-0.15, -0.1) is 11.3 Å². The molecule has 0 saturated heterocycles. The predicted octanol–water partition coefficient (Wildman–Crippen LogP) is 2.80. The summed E-state index contributed by atoms with van der Waals surface area (Å²) in [7, 11) is 0. The number of fused-ring (bicyclic) bond motifs is 1. The summed E-state index contributed by atoms with van der Waals surface area (Å²) in [6.45, 7) is 5.01. The van der Waals surface area contributed by atoms with Gasteiger partial charge in [-0.25, -0.2) is 4.98 Å². The fourth-order valence-corrected chi connectivity index (χ4v) is 2.84. The largest absolute Gasteiger partial charge is 0.330 e. The summed E-state index contributed by atoms with van der Waals surface area (Å²) >= 11 is 1.81. The van der Waals surface area contributed by atoms with Crippen LogP contribution in [-0.4, -0.2) is 11.5 Å². The topological polar surface area (TPSA) is 38.9 Å². The number of rotatable bonds is 3. The molecule has 0 saturated carbocycles. The summed E-state index contributed by atoms with van der Waals surface area (Å²) in [5, 5.41) is 1.21. The van der Waals surface area contributed by atoms with Crippen LogP contribution in [0.4, 0.5) is 0 Å². The molecule has 2 rings (SSSR count). The first kappa shape index (κ1) is 10.6. The first-order chi connectivity index (χ1) is 7.20. The van der Waals surface area contributed by atoms with E-state index in [1.54, 1.807) is 11.3 Å². The van der Waals surface area contributed by atoms with Gasteiger partial charge in [0.05, 0.1) is 15.2 Å². The number of nitrogens with zero attached hydrogens (tertiary/aromatic N) is 1. The lowest BCUT2D eigenvalue weighted by Gasteiger charge is -1.95. The first-order valence-electron chi connectivity index (χ1n) is 5.27. The lowest BCUT2D eigenvalue weighted by molar-refractivity contribution is 0.828. The van der Waals surface area contributed by atoms with Crippen molar-refractivity contribution in [2.45, 2.75) is 26.7 Å². The van der Waals surface area contributed by atoms with E-state index >= 15 is 0 Å². The molecule has 0 atom stereocenters. The van der Waals surface area contributed by atoms with Gasteiger partial charge in [-0.1, -0.05) is 6.07 Å². The zero-order chi connectivity index (χ0) is 10.8. The molecule has 1 aromatic carbocycles. The van der Waals surface area contributed by atoms with E-state index < -0.39 is 0 Å². The minimum absolute atomic E-state index is 0.744. The zero-order valence-corrected chi connectivity index (χ0v) is 10.0. The van der Waals surface area contributed by atoms with Crippen LogP contribution in [0.25, 0.3) is 10.2 Å². The van der Waals surface area contributed by atoms with Crippen molar-refractivity contribution in [3.05, 3.63) is 28.3 Å². The Kier molecular flexibility index (Phi) is 3.03. The van der Waals surface area contributed by atoms with E-state index in [0.717, 1.165) is 24.9 Å². The van der Waals surface area contributed by atoms with Gasteiger partial charge in [-0.3, -0.25) is 0 Å². The van der Waals surface area contributed by atoms with Gasteiger partial charge in [0.1, 0.15) is 0 Å². The van der Waals surface area contributed by atoms with Crippen molar-refractivity contribution in [3.8, 4) is 0 Å². The number of thiazole rings is 1. The Labute approximate surface area is 94.1 Å². The number of nitrogens with two attached hydrogens (primary N) is 1. The summed E-state index contributed by atoms with van der Waals surface area (Å²) in [5.74, 6) is 0. The van der Waals surface area contributed by atoms with Crippen LogP contribution in [0.15, 0.2) is 12.1 Å². The number of aryl methyl sites for hydroxylation is 3. The van der Waals surface area contributed by atoms with Gasteiger partial charge >= 0.3 is 0 Å². The quantitative estimate of drug-likeness (QED) is 0.864. The SMILES string of the molecule is Cc1cc(C)c2sc(CCCN)nc2c1. The monoisotopic (exact) mass is 220 g/mol. The van der Waals surface area contributed by atoms with Gasteiger partial charge in [0, 0.05) is 6.42 Å². The average Bonchev–Trinajstić information content (AvgIpc) is 2.57. The highest BCUT2D eigenvalue weighted by Crippen LogP contribution is 2.27. The summed E-state index contributed by atoms with van der Waals surface area (Å²) < 4.78 is 1.33. The van der Waals surface area contributed by atoms with Crippen LogP contribution in [0.2, 0.25) is 0 Å². The molecule has 0 spiro atoms. The molecule has 15 heavy (non-hydrogen) atoms. The average molecular weight is 220 g/mol. The van der Waals surface area contributed by atoms with Crippen molar-refractivity contribution >= 4 is 21.6 Å². The minimum atomic E-state index is 0.744. The lowest BCUT2D eigenvalue weighted by Crippen LogP contribution is -1.99. The van der Waals surface area contributed by atoms with Crippen LogP contribution < -0.4 is 5.73 Å². The second-order valence-electron chi connectivity index (χ2n) is 3.93. The van der Waals surface area contributed by atoms with Gasteiger partial charge < -0.3 is 5.73 Å². The highest BCUT2D eigenvalue weighted by molar-refractivity contribution is 7.18. The lowest BCUT2D eigenvalue weighted by atomic mass is 10.1. The molecule has 0 amide bonds. The van der Waals surface area contributed by atoms with Crippen LogP contribution in [0.3, 0.4) is 0 Å². The first-order valence-corrected chi connectivity index (χ1v) is 6.09. The van der Waals surface area contributed by atoms with Gasteiger partial charge in [-0.2, -0.15) is 0 Å². The number of benzene rings is 1. The van der Waals surface area contributed by atoms with Crippen molar-refractivity contribution in [2.75, 3.05) is 6.54 Å². The van der Waals surface area contributed by atoms with E-state index in [-0.39, 0.29) is 0 Å². The highest BCUT2D eigenvalue weighted by atomic mass is 32.1. The molecule has 0 aliphatic carbocycles. The molecule has 0 radical (unpaired) electrons. The fraction of sp³-hybridized carbons (Fsp3) is 0.417. The van der Waals surface area contributed by atoms with E-state index in [4.69, 9.17) is 5.73 Å². The van der Waals surface area contributed by atoms with Gasteiger partial charge in [-0.05, 0) is 44.0 Å². The van der Waals surface area contributed by atoms with E-state index in [1.165, 1.54) is 20.8 Å². The van der Waals surface area contributed by atoms with Gasteiger partial charge in [0.25, 0.3) is 0 Å². The predicted molar refractivity (Wildman–Crippen MR) is 66.5 cm³/mol. The molecule has 2 aromatic rings. The Morgan fingerprint density at radius 1 is 1.33 bits per heavy atom. The third kappa shape index (κ3) is 2.19. The van der Waals surface area contributed by atoms with Crippen molar-refractivity contribution in [3.63, 3.8) is 0 Å². The molecule has 80 valence electrons. The molecular formula is C12H16N2S.